The number of phenols is 1. The number of ether oxygens (including phenoxy) is 1. The van der Waals surface area contributed by atoms with Gasteiger partial charge in [0, 0.05) is 23.9 Å². The maximum atomic E-state index is 13.5. The van der Waals surface area contributed by atoms with Gasteiger partial charge in [-0.25, -0.2) is 4.39 Å². The molecule has 1 N–H and O–H groups in total. The molecule has 3 aromatic carbocycles. The lowest BCUT2D eigenvalue weighted by Crippen LogP contribution is -2.25. The summed E-state index contributed by atoms with van der Waals surface area (Å²) >= 11 is 0. The van der Waals surface area contributed by atoms with Crippen LogP contribution in [0.25, 0.3) is 0 Å². The minimum Gasteiger partial charge on any atom is -0.508 e. The first-order valence-corrected chi connectivity index (χ1v) is 11.2. The summed E-state index contributed by atoms with van der Waals surface area (Å²) in [5, 5.41) is 10.2. The number of aromatic hydroxyl groups is 1. The van der Waals surface area contributed by atoms with Crippen molar-refractivity contribution >= 4 is 0 Å². The highest BCUT2D eigenvalue weighted by Crippen LogP contribution is 2.47. The predicted octanol–water partition coefficient (Wildman–Crippen LogP) is 5.48. The second kappa shape index (κ2) is 8.72. The summed E-state index contributed by atoms with van der Waals surface area (Å²) in [6.07, 6.45) is 3.70. The Morgan fingerprint density at radius 2 is 1.61 bits per heavy atom. The van der Waals surface area contributed by atoms with Crippen LogP contribution >= 0.6 is 0 Å². The maximum Gasteiger partial charge on any atom is 0.123 e. The zero-order valence-electron chi connectivity index (χ0n) is 17.6. The average Bonchev–Trinajstić information content (AvgIpc) is 3.32. The van der Waals surface area contributed by atoms with Crippen LogP contribution in [0.3, 0.4) is 0 Å². The van der Waals surface area contributed by atoms with E-state index in [0.717, 1.165) is 29.8 Å². The molecule has 0 radical (unpaired) electrons. The number of nitrogens with zero attached hydrogens (tertiary/aromatic N) is 1. The fourth-order valence-electron chi connectivity index (χ4n) is 5.00. The average molecular weight is 418 g/mol. The van der Waals surface area contributed by atoms with Crippen LogP contribution in [0.1, 0.15) is 46.9 Å². The standard InChI is InChI=1S/C27H28FNO2/c28-22-9-7-20(8-10-22)25-18-31-26-12-11-23(30)17-24(26)27(25)21-5-3-19(4-6-21)13-16-29-14-1-2-15-29/h3-12,17,25,27,30H,1-2,13-16,18H2/t25-,27?/m1/s1. The van der Waals surface area contributed by atoms with E-state index in [4.69, 9.17) is 4.74 Å². The van der Waals surface area contributed by atoms with Crippen LogP contribution in [0.4, 0.5) is 4.39 Å². The Bertz CT molecular complexity index is 1030. The molecule has 2 aliphatic heterocycles. The Balaban J connectivity index is 1.45. The number of hydrogen-bond acceptors (Lipinski definition) is 3. The molecule has 1 saturated heterocycles. The number of hydrogen-bond donors (Lipinski definition) is 1. The molecule has 3 nitrogen and oxygen atoms in total. The lowest BCUT2D eigenvalue weighted by molar-refractivity contribution is 0.248. The zero-order chi connectivity index (χ0) is 21.2. The largest absolute Gasteiger partial charge is 0.508 e. The van der Waals surface area contributed by atoms with Crippen LogP contribution < -0.4 is 4.74 Å². The topological polar surface area (TPSA) is 32.7 Å². The molecule has 31 heavy (non-hydrogen) atoms. The lowest BCUT2D eigenvalue weighted by atomic mass is 9.75. The van der Waals surface area contributed by atoms with Gasteiger partial charge in [0.2, 0.25) is 0 Å². The van der Waals surface area contributed by atoms with E-state index in [2.05, 4.69) is 29.2 Å². The van der Waals surface area contributed by atoms with Gasteiger partial charge in [-0.1, -0.05) is 36.4 Å². The van der Waals surface area contributed by atoms with Crippen molar-refractivity contribution in [3.8, 4) is 11.5 Å². The van der Waals surface area contributed by atoms with Crippen molar-refractivity contribution < 1.29 is 14.2 Å². The summed E-state index contributed by atoms with van der Waals surface area (Å²) in [5.41, 5.74) is 4.55. The molecular formula is C27H28FNO2. The van der Waals surface area contributed by atoms with E-state index < -0.39 is 0 Å². The molecule has 160 valence electrons. The molecule has 4 heteroatoms. The molecule has 0 saturated carbocycles. The normalized spacial score (nSPS) is 20.9. The first kappa shape index (κ1) is 20.1. The maximum absolute atomic E-state index is 13.5. The van der Waals surface area contributed by atoms with Gasteiger partial charge in [0.1, 0.15) is 17.3 Å². The molecule has 5 rings (SSSR count). The summed E-state index contributed by atoms with van der Waals surface area (Å²) in [6.45, 7) is 4.08. The smallest absolute Gasteiger partial charge is 0.123 e. The minimum atomic E-state index is -0.238. The van der Waals surface area contributed by atoms with E-state index >= 15 is 0 Å². The SMILES string of the molecule is Oc1ccc2c(c1)C(c1ccc(CCN3CCCC3)cc1)[C@@H](c1ccc(F)cc1)CO2. The number of rotatable bonds is 5. The van der Waals surface area contributed by atoms with Gasteiger partial charge in [-0.2, -0.15) is 0 Å². The second-order valence-corrected chi connectivity index (χ2v) is 8.71. The van der Waals surface area contributed by atoms with Crippen LogP contribution in [0, 0.1) is 5.82 Å². The fraction of sp³-hybridized carbons (Fsp3) is 0.333. The second-order valence-electron chi connectivity index (χ2n) is 8.71. The summed E-state index contributed by atoms with van der Waals surface area (Å²) in [7, 11) is 0. The quantitative estimate of drug-likeness (QED) is 0.597. The summed E-state index contributed by atoms with van der Waals surface area (Å²) in [4.78, 5) is 2.54. The van der Waals surface area contributed by atoms with Crippen molar-refractivity contribution in [1.29, 1.82) is 0 Å². The van der Waals surface area contributed by atoms with Crippen LogP contribution in [0.5, 0.6) is 11.5 Å². The number of phenolic OH excluding ortho intramolecular Hbond substituents is 1. The van der Waals surface area contributed by atoms with Crippen molar-refractivity contribution in [3.63, 3.8) is 0 Å². The van der Waals surface area contributed by atoms with Crippen LogP contribution in [0.2, 0.25) is 0 Å². The number of halogens is 1. The van der Waals surface area contributed by atoms with Gasteiger partial charge in [-0.15, -0.1) is 0 Å². The first-order valence-electron chi connectivity index (χ1n) is 11.2. The molecule has 0 amide bonds. The number of fused-ring (bicyclic) bond motifs is 1. The van der Waals surface area contributed by atoms with Crippen molar-refractivity contribution in [2.45, 2.75) is 31.1 Å². The van der Waals surface area contributed by atoms with E-state index in [-0.39, 0.29) is 23.4 Å². The third-order valence-corrected chi connectivity index (χ3v) is 6.70. The minimum absolute atomic E-state index is 0.0361. The Hall–Kier alpha value is -2.85. The lowest BCUT2D eigenvalue weighted by Gasteiger charge is -2.34. The molecule has 3 aromatic rings. The molecule has 2 aliphatic rings. The van der Waals surface area contributed by atoms with Gasteiger partial charge in [-0.05, 0) is 79.4 Å². The molecule has 0 bridgehead atoms. The predicted molar refractivity (Wildman–Crippen MR) is 120 cm³/mol. The number of benzene rings is 3. The number of likely N-dealkylation sites (tertiary alicyclic amines) is 1. The van der Waals surface area contributed by atoms with E-state index in [9.17, 15) is 9.50 Å². The van der Waals surface area contributed by atoms with Crippen LogP contribution in [-0.2, 0) is 6.42 Å². The molecular weight excluding hydrogens is 389 g/mol. The molecule has 2 atom stereocenters. The molecule has 0 spiro atoms. The Labute approximate surface area is 183 Å². The van der Waals surface area contributed by atoms with E-state index in [1.165, 1.54) is 49.2 Å². The summed E-state index contributed by atoms with van der Waals surface area (Å²) < 4.78 is 19.6. The van der Waals surface area contributed by atoms with E-state index in [0.29, 0.717) is 6.61 Å². The Morgan fingerprint density at radius 1 is 0.903 bits per heavy atom. The van der Waals surface area contributed by atoms with Crippen LogP contribution in [-0.4, -0.2) is 36.2 Å². The van der Waals surface area contributed by atoms with Crippen LogP contribution in [0.15, 0.2) is 66.7 Å². The van der Waals surface area contributed by atoms with Crippen molar-refractivity contribution in [3.05, 3.63) is 94.8 Å². The third kappa shape index (κ3) is 4.31. The van der Waals surface area contributed by atoms with E-state index in [1.807, 2.05) is 18.2 Å². The highest BCUT2D eigenvalue weighted by molar-refractivity contribution is 5.50. The van der Waals surface area contributed by atoms with Gasteiger partial charge in [0.25, 0.3) is 0 Å². The highest BCUT2D eigenvalue weighted by Gasteiger charge is 2.33. The van der Waals surface area contributed by atoms with Gasteiger partial charge in [-0.3, -0.25) is 0 Å². The molecule has 0 aliphatic carbocycles. The fourth-order valence-corrected chi connectivity index (χ4v) is 5.00. The molecule has 0 aromatic heterocycles. The van der Waals surface area contributed by atoms with Gasteiger partial charge >= 0.3 is 0 Å². The Morgan fingerprint density at radius 3 is 2.35 bits per heavy atom. The van der Waals surface area contributed by atoms with Crippen molar-refractivity contribution in [2.24, 2.45) is 0 Å². The monoisotopic (exact) mass is 417 g/mol. The first-order chi connectivity index (χ1) is 15.2. The van der Waals surface area contributed by atoms with E-state index in [1.54, 1.807) is 12.1 Å². The summed E-state index contributed by atoms with van der Waals surface area (Å²) in [6, 6.07) is 20.9. The van der Waals surface area contributed by atoms with Crippen molar-refractivity contribution in [2.75, 3.05) is 26.2 Å². The molecule has 1 fully saturated rings. The zero-order valence-corrected chi connectivity index (χ0v) is 17.6. The molecule has 1 unspecified atom stereocenters. The summed E-state index contributed by atoms with van der Waals surface area (Å²) in [5.74, 6) is 0.880. The molecule has 2 heterocycles. The highest BCUT2D eigenvalue weighted by atomic mass is 19.1. The van der Waals surface area contributed by atoms with Gasteiger partial charge in [0.15, 0.2) is 0 Å². The van der Waals surface area contributed by atoms with Gasteiger partial charge in [0.05, 0.1) is 6.61 Å². The third-order valence-electron chi connectivity index (χ3n) is 6.70. The van der Waals surface area contributed by atoms with Gasteiger partial charge < -0.3 is 14.7 Å². The Kier molecular flexibility index (Phi) is 5.65. The van der Waals surface area contributed by atoms with Crippen molar-refractivity contribution in [1.82, 2.24) is 4.90 Å².